The van der Waals surface area contributed by atoms with Crippen molar-refractivity contribution in [3.63, 3.8) is 0 Å². The van der Waals surface area contributed by atoms with E-state index < -0.39 is 10.1 Å². The molecule has 0 saturated heterocycles. The number of hydrogen-bond acceptors (Lipinski definition) is 7. The molecule has 0 spiro atoms. The minimum atomic E-state index is -4.49. The Morgan fingerprint density at radius 2 is 1.56 bits per heavy atom. The zero-order valence-corrected chi connectivity index (χ0v) is 20.0. The van der Waals surface area contributed by atoms with E-state index >= 15 is 0 Å². The maximum atomic E-state index is 11.9. The molecule has 8 nitrogen and oxygen atoms in total. The third-order valence-corrected chi connectivity index (χ3v) is 5.47. The van der Waals surface area contributed by atoms with E-state index in [4.69, 9.17) is 10.5 Å². The van der Waals surface area contributed by atoms with Gasteiger partial charge in [-0.25, -0.2) is 0 Å². The second-order valence-electron chi connectivity index (χ2n) is 6.64. The minimum Gasteiger partial charge on any atom is -1.00 e. The van der Waals surface area contributed by atoms with Gasteiger partial charge in [0.1, 0.15) is 28.6 Å². The summed E-state index contributed by atoms with van der Waals surface area (Å²) in [6.45, 7) is 0.320. The fourth-order valence-electron chi connectivity index (χ4n) is 3.06. The molecule has 0 fully saturated rings. The second-order valence-corrected chi connectivity index (χ2v) is 8.03. The Morgan fingerprint density at radius 1 is 0.938 bits per heavy atom. The fourth-order valence-corrected chi connectivity index (χ4v) is 3.77. The number of azo groups is 1. The molecule has 0 radical (unpaired) electrons. The molecule has 3 aromatic carbocycles. The first kappa shape index (κ1) is 23.8. The molecule has 32 heavy (non-hydrogen) atoms. The number of rotatable bonds is 6. The predicted octanol–water partition coefficient (Wildman–Crippen LogP) is 2.17. The number of fused-ring (bicyclic) bond motifs is 1. The molecule has 0 aliphatic heterocycles. The number of para-hydroxylation sites is 1. The molecule has 0 aliphatic rings. The topological polar surface area (TPSA) is 127 Å². The van der Waals surface area contributed by atoms with Crippen molar-refractivity contribution >= 4 is 38.0 Å². The van der Waals surface area contributed by atoms with Crippen molar-refractivity contribution < 1.29 is 48.7 Å². The summed E-state index contributed by atoms with van der Waals surface area (Å²) in [6.07, 6.45) is 3.36. The van der Waals surface area contributed by atoms with Crippen molar-refractivity contribution in [3.8, 4) is 5.75 Å². The molecule has 1 heterocycles. The van der Waals surface area contributed by atoms with E-state index in [1.165, 1.54) is 6.07 Å². The van der Waals surface area contributed by atoms with Crippen LogP contribution in [0.4, 0.5) is 17.1 Å². The molecule has 3 N–H and O–H groups in total. The summed E-state index contributed by atoms with van der Waals surface area (Å²) in [5, 5.41) is 9.12. The van der Waals surface area contributed by atoms with E-state index in [9.17, 15) is 13.0 Å². The number of nitrogens with two attached hydrogens (primary N) is 1. The summed E-state index contributed by atoms with van der Waals surface area (Å²) in [7, 11) is -4.49. The van der Waals surface area contributed by atoms with Crippen LogP contribution in [0.3, 0.4) is 0 Å². The molecule has 0 unspecified atom stereocenters. The maximum Gasteiger partial charge on any atom is 1.00 e. The number of aromatic nitrogens is 1. The third kappa shape index (κ3) is 5.32. The van der Waals surface area contributed by atoms with Gasteiger partial charge >= 0.3 is 29.6 Å². The molecule has 4 aromatic rings. The number of pyridine rings is 1. The molecule has 4 rings (SSSR count). The van der Waals surface area contributed by atoms with Crippen molar-refractivity contribution in [2.24, 2.45) is 10.2 Å². The van der Waals surface area contributed by atoms with Gasteiger partial charge < -0.3 is 11.9 Å². The third-order valence-electron chi connectivity index (χ3n) is 4.58. The van der Waals surface area contributed by atoms with Crippen LogP contribution in [0.2, 0.25) is 0 Å². The molecule has 158 valence electrons. The predicted molar refractivity (Wildman–Crippen MR) is 118 cm³/mol. The molecule has 0 aliphatic carbocycles. The van der Waals surface area contributed by atoms with Crippen LogP contribution < -0.4 is 40.0 Å². The first-order valence-corrected chi connectivity index (χ1v) is 10.7. The van der Waals surface area contributed by atoms with E-state index in [1.54, 1.807) is 54.9 Å². The van der Waals surface area contributed by atoms with Gasteiger partial charge in [-0.1, -0.05) is 36.4 Å². The number of anilines is 1. The van der Waals surface area contributed by atoms with Gasteiger partial charge in [0.05, 0.1) is 5.69 Å². The van der Waals surface area contributed by atoms with Crippen LogP contribution in [-0.4, -0.2) is 18.0 Å². The molecule has 0 atom stereocenters. The van der Waals surface area contributed by atoms with E-state index in [1.807, 2.05) is 18.2 Å². The first-order valence-electron chi connectivity index (χ1n) is 9.24. The Morgan fingerprint density at radius 3 is 2.28 bits per heavy atom. The van der Waals surface area contributed by atoms with Gasteiger partial charge in [-0.3, -0.25) is 9.54 Å². The molecular formula is C22H19N4NaO4S. The van der Waals surface area contributed by atoms with Gasteiger partial charge in [-0.15, -0.1) is 10.2 Å². The maximum absolute atomic E-state index is 11.9. The smallest absolute Gasteiger partial charge is 1.00 e. The summed E-state index contributed by atoms with van der Waals surface area (Å²) in [5.41, 5.74) is 7.96. The Kier molecular flexibility index (Phi) is 7.60. The zero-order chi connectivity index (χ0) is 21.8. The average molecular weight is 458 g/mol. The van der Waals surface area contributed by atoms with E-state index in [0.29, 0.717) is 28.8 Å². The summed E-state index contributed by atoms with van der Waals surface area (Å²) < 4.78 is 39.2. The quantitative estimate of drug-likeness (QED) is 0.197. The van der Waals surface area contributed by atoms with Gasteiger partial charge in [0.15, 0.2) is 0 Å². The standard InChI is InChI=1S/C22H18N4O4S.Na.H/c23-22-17-6-2-1-5-16(17)21(31(27,28)29)13-19(22)26-25-18-7-3-4-8-20(18)30-14-15-9-11-24-12-10-15;;/h1-13H,14,23H2,(H,27,28,29);;/q;+1;-1. The number of ether oxygens (including phenoxy) is 1. The van der Waals surface area contributed by atoms with Crippen molar-refractivity contribution in [2.45, 2.75) is 11.5 Å². The van der Waals surface area contributed by atoms with Crippen LogP contribution in [0, 0.1) is 0 Å². The summed E-state index contributed by atoms with van der Waals surface area (Å²) in [4.78, 5) is 3.69. The van der Waals surface area contributed by atoms with E-state index in [2.05, 4.69) is 15.2 Å². The van der Waals surface area contributed by atoms with Crippen LogP contribution in [0.5, 0.6) is 5.75 Å². The van der Waals surface area contributed by atoms with Gasteiger partial charge in [-0.05, 0) is 35.9 Å². The van der Waals surface area contributed by atoms with Gasteiger partial charge in [0, 0.05) is 23.2 Å². The van der Waals surface area contributed by atoms with Crippen LogP contribution in [0.25, 0.3) is 10.8 Å². The molecule has 10 heteroatoms. The van der Waals surface area contributed by atoms with E-state index in [-0.39, 0.29) is 47.3 Å². The first-order chi connectivity index (χ1) is 14.9. The van der Waals surface area contributed by atoms with Crippen molar-refractivity contribution in [1.82, 2.24) is 4.98 Å². The summed E-state index contributed by atoms with van der Waals surface area (Å²) in [6, 6.07) is 18.5. The van der Waals surface area contributed by atoms with Crippen molar-refractivity contribution in [3.05, 3.63) is 84.7 Å². The zero-order valence-electron chi connectivity index (χ0n) is 18.2. The Hall–Kier alpha value is -2.82. The van der Waals surface area contributed by atoms with E-state index in [0.717, 1.165) is 5.56 Å². The molecule has 1 aromatic heterocycles. The monoisotopic (exact) mass is 458 g/mol. The van der Waals surface area contributed by atoms with Crippen LogP contribution in [-0.2, 0) is 16.7 Å². The number of nitrogens with zero attached hydrogens (tertiary/aromatic N) is 3. The van der Waals surface area contributed by atoms with Crippen molar-refractivity contribution in [1.29, 1.82) is 0 Å². The SMILES string of the molecule is Nc1c(N=Nc2ccccc2OCc2ccncc2)cc(S(=O)(=O)O)c2ccccc12.[H-].[Na+]. The van der Waals surface area contributed by atoms with Gasteiger partial charge in [0.2, 0.25) is 0 Å². The summed E-state index contributed by atoms with van der Waals surface area (Å²) in [5.74, 6) is 0.498. The largest absolute Gasteiger partial charge is 1.00 e. The summed E-state index contributed by atoms with van der Waals surface area (Å²) >= 11 is 0. The Balaban J connectivity index is 0.00000193. The van der Waals surface area contributed by atoms with Crippen LogP contribution >= 0.6 is 0 Å². The average Bonchev–Trinajstić information content (AvgIpc) is 2.78. The molecule has 0 bridgehead atoms. The van der Waals surface area contributed by atoms with Crippen LogP contribution in [0.15, 0.2) is 94.2 Å². The normalized spacial score (nSPS) is 11.4. The molecule has 0 amide bonds. The minimum absolute atomic E-state index is 0. The molecular weight excluding hydrogens is 439 g/mol. The number of benzene rings is 3. The Labute approximate surface area is 208 Å². The number of hydrogen-bond donors (Lipinski definition) is 2. The van der Waals surface area contributed by atoms with Gasteiger partial charge in [-0.2, -0.15) is 8.42 Å². The molecule has 0 saturated carbocycles. The Bertz CT molecular complexity index is 1390. The van der Waals surface area contributed by atoms with Crippen molar-refractivity contribution in [2.75, 3.05) is 5.73 Å². The fraction of sp³-hybridized carbons (Fsp3) is 0.0455. The second kappa shape index (κ2) is 10.2. The van der Waals surface area contributed by atoms with Gasteiger partial charge in [0.25, 0.3) is 10.1 Å². The van der Waals surface area contributed by atoms with Crippen LogP contribution in [0.1, 0.15) is 6.99 Å². The number of nitrogen functional groups attached to an aromatic ring is 1.